The first-order valence-corrected chi connectivity index (χ1v) is 13.4. The first kappa shape index (κ1) is 28.7. The second-order valence-electron chi connectivity index (χ2n) is 8.43. The number of rotatable bonds is 7. The van der Waals surface area contributed by atoms with Gasteiger partial charge < -0.3 is 10.4 Å². The molecule has 1 aliphatic heterocycles. The molecule has 3 aromatic rings. The minimum absolute atomic E-state index is 0.0753. The molecule has 0 radical (unpaired) electrons. The summed E-state index contributed by atoms with van der Waals surface area (Å²) >= 11 is 3.12. The van der Waals surface area contributed by atoms with Crippen molar-refractivity contribution in [3.63, 3.8) is 0 Å². The molecule has 1 atom stereocenters. The van der Waals surface area contributed by atoms with Gasteiger partial charge >= 0.3 is 12.1 Å². The molecule has 0 bridgehead atoms. The van der Waals surface area contributed by atoms with Crippen molar-refractivity contribution >= 4 is 35.0 Å². The van der Waals surface area contributed by atoms with Gasteiger partial charge in [-0.25, -0.2) is 9.18 Å². The number of likely N-dealkylation sites (tertiary alicyclic amines) is 1. The summed E-state index contributed by atoms with van der Waals surface area (Å²) in [7, 11) is 0. The average molecular weight is 555 g/mol. The van der Waals surface area contributed by atoms with Crippen molar-refractivity contribution in [1.82, 2.24) is 10.2 Å². The van der Waals surface area contributed by atoms with Gasteiger partial charge in [-0.3, -0.25) is 9.69 Å². The highest BCUT2D eigenvalue weighted by molar-refractivity contribution is 7.98. The SMILES string of the molecule is CSc1ccc(CN2CCC(CNC(=O)c3cc(-c4ccccc4F)cs3)C2)cc1.O=C(O)C(F)(F)F. The third kappa shape index (κ3) is 8.58. The molecule has 1 aromatic heterocycles. The quantitative estimate of drug-likeness (QED) is 0.270. The van der Waals surface area contributed by atoms with Crippen molar-refractivity contribution < 1.29 is 32.3 Å². The van der Waals surface area contributed by atoms with Gasteiger partial charge in [0, 0.05) is 30.1 Å². The van der Waals surface area contributed by atoms with Crippen LogP contribution in [0.25, 0.3) is 11.1 Å². The van der Waals surface area contributed by atoms with E-state index in [1.165, 1.54) is 27.9 Å². The fourth-order valence-electron chi connectivity index (χ4n) is 3.83. The van der Waals surface area contributed by atoms with Crippen molar-refractivity contribution in [3.05, 3.63) is 76.2 Å². The Hall–Kier alpha value is -2.89. The maximum atomic E-state index is 14.0. The average Bonchev–Trinajstić information content (AvgIpc) is 3.53. The summed E-state index contributed by atoms with van der Waals surface area (Å²) in [5.74, 6) is -2.64. The molecule has 1 unspecified atom stereocenters. The molecule has 0 spiro atoms. The van der Waals surface area contributed by atoms with Crippen molar-refractivity contribution in [1.29, 1.82) is 0 Å². The van der Waals surface area contributed by atoms with Gasteiger partial charge in [0.05, 0.1) is 4.88 Å². The van der Waals surface area contributed by atoms with Crippen LogP contribution < -0.4 is 5.32 Å². The lowest BCUT2D eigenvalue weighted by atomic mass is 10.1. The third-order valence-corrected chi connectivity index (χ3v) is 7.41. The molecule has 1 aliphatic rings. The Morgan fingerprint density at radius 2 is 1.84 bits per heavy atom. The lowest BCUT2D eigenvalue weighted by Crippen LogP contribution is -2.30. The van der Waals surface area contributed by atoms with Crippen molar-refractivity contribution in [3.8, 4) is 11.1 Å². The highest BCUT2D eigenvalue weighted by Gasteiger charge is 2.38. The molecule has 2 aromatic carbocycles. The van der Waals surface area contributed by atoms with E-state index in [1.807, 2.05) is 5.38 Å². The summed E-state index contributed by atoms with van der Waals surface area (Å²) in [6.07, 6.45) is -1.90. The smallest absolute Gasteiger partial charge is 0.475 e. The molecule has 4 rings (SSSR count). The highest BCUT2D eigenvalue weighted by Crippen LogP contribution is 2.28. The number of carbonyl (C=O) groups is 2. The number of nitrogens with one attached hydrogen (secondary N) is 1. The van der Waals surface area contributed by atoms with Gasteiger partial charge in [-0.1, -0.05) is 30.3 Å². The number of halogens is 4. The molecule has 0 aliphatic carbocycles. The fraction of sp³-hybridized carbons (Fsp3) is 0.308. The number of amides is 1. The van der Waals surface area contributed by atoms with Crippen LogP contribution in [0.2, 0.25) is 0 Å². The Morgan fingerprint density at radius 3 is 2.46 bits per heavy atom. The number of carboxylic acids is 1. The number of hydrogen-bond acceptors (Lipinski definition) is 5. The molecule has 5 nitrogen and oxygen atoms in total. The zero-order valence-corrected chi connectivity index (χ0v) is 21.6. The largest absolute Gasteiger partial charge is 0.490 e. The Balaban J connectivity index is 0.000000479. The van der Waals surface area contributed by atoms with Gasteiger partial charge in [0.25, 0.3) is 5.91 Å². The summed E-state index contributed by atoms with van der Waals surface area (Å²) in [5.41, 5.74) is 2.62. The van der Waals surface area contributed by atoms with Crippen molar-refractivity contribution in [2.45, 2.75) is 24.0 Å². The fourth-order valence-corrected chi connectivity index (χ4v) is 5.06. The van der Waals surface area contributed by atoms with Crippen LogP contribution in [-0.2, 0) is 11.3 Å². The summed E-state index contributed by atoms with van der Waals surface area (Å²) in [4.78, 5) is 25.8. The number of carbonyl (C=O) groups excluding carboxylic acids is 1. The first-order valence-electron chi connectivity index (χ1n) is 11.3. The van der Waals surface area contributed by atoms with Gasteiger partial charge in [-0.15, -0.1) is 23.1 Å². The molecule has 1 amide bonds. The maximum absolute atomic E-state index is 14.0. The standard InChI is InChI=1S/C24H25FN2OS2.C2HF3O2/c1-29-20-8-6-17(7-9-20)14-27-11-10-18(15-27)13-26-24(28)23-12-19(16-30-23)21-4-2-3-5-22(21)25;3-2(4,5)1(6)7/h2-9,12,16,18H,10-11,13-15H2,1H3,(H,26,28);(H,6,7). The monoisotopic (exact) mass is 554 g/mol. The normalized spacial score (nSPS) is 15.6. The van der Waals surface area contributed by atoms with E-state index in [1.54, 1.807) is 36.0 Å². The molecule has 11 heteroatoms. The molecule has 198 valence electrons. The molecule has 37 heavy (non-hydrogen) atoms. The summed E-state index contributed by atoms with van der Waals surface area (Å²) in [5, 5.41) is 12.0. The topological polar surface area (TPSA) is 69.6 Å². The van der Waals surface area contributed by atoms with E-state index in [9.17, 15) is 22.4 Å². The number of thiophene rings is 1. The number of nitrogens with zero attached hydrogens (tertiary/aromatic N) is 1. The molecule has 2 heterocycles. The highest BCUT2D eigenvalue weighted by atomic mass is 32.2. The second-order valence-corrected chi connectivity index (χ2v) is 10.2. The van der Waals surface area contributed by atoms with E-state index < -0.39 is 12.1 Å². The Bertz CT molecular complexity index is 1200. The Morgan fingerprint density at radius 1 is 1.16 bits per heavy atom. The lowest BCUT2D eigenvalue weighted by Gasteiger charge is -2.16. The van der Waals surface area contributed by atoms with Crippen LogP contribution in [0.15, 0.2) is 64.9 Å². The minimum atomic E-state index is -5.08. The van der Waals surface area contributed by atoms with Gasteiger partial charge in [-0.05, 0) is 65.9 Å². The predicted octanol–water partition coefficient (Wildman–Crippen LogP) is 6.16. The molecular formula is C26H26F4N2O3S2. The molecule has 1 fully saturated rings. The van der Waals surface area contributed by atoms with Crippen LogP contribution in [0.5, 0.6) is 0 Å². The van der Waals surface area contributed by atoms with E-state index in [0.29, 0.717) is 22.9 Å². The Labute approximate surface area is 220 Å². The van der Waals surface area contributed by atoms with Crippen LogP contribution in [-0.4, -0.2) is 53.9 Å². The first-order chi connectivity index (χ1) is 17.6. The van der Waals surface area contributed by atoms with Crippen LogP contribution in [0, 0.1) is 11.7 Å². The summed E-state index contributed by atoms with van der Waals surface area (Å²) in [6.45, 7) is 3.68. The van der Waals surface area contributed by atoms with Crippen LogP contribution in [0.3, 0.4) is 0 Å². The van der Waals surface area contributed by atoms with E-state index in [0.717, 1.165) is 31.6 Å². The van der Waals surface area contributed by atoms with Crippen LogP contribution >= 0.6 is 23.1 Å². The van der Waals surface area contributed by atoms with E-state index in [-0.39, 0.29) is 11.7 Å². The number of benzene rings is 2. The minimum Gasteiger partial charge on any atom is -0.475 e. The summed E-state index contributed by atoms with van der Waals surface area (Å²) < 4.78 is 45.7. The molecule has 0 saturated carbocycles. The van der Waals surface area contributed by atoms with Gasteiger partial charge in [-0.2, -0.15) is 13.2 Å². The number of carboxylic acid groups (broad SMARTS) is 1. The van der Waals surface area contributed by atoms with Gasteiger partial charge in [0.15, 0.2) is 0 Å². The van der Waals surface area contributed by atoms with Gasteiger partial charge in [0.1, 0.15) is 5.82 Å². The molecule has 2 N–H and O–H groups in total. The molecular weight excluding hydrogens is 528 g/mol. The summed E-state index contributed by atoms with van der Waals surface area (Å²) in [6, 6.07) is 17.2. The van der Waals surface area contributed by atoms with E-state index >= 15 is 0 Å². The Kier molecular flexibility index (Phi) is 10.1. The van der Waals surface area contributed by atoms with Crippen LogP contribution in [0.4, 0.5) is 17.6 Å². The van der Waals surface area contributed by atoms with E-state index in [2.05, 4.69) is 40.7 Å². The zero-order chi connectivity index (χ0) is 27.0. The number of hydrogen-bond donors (Lipinski definition) is 2. The molecule has 1 saturated heterocycles. The zero-order valence-electron chi connectivity index (χ0n) is 19.9. The third-order valence-electron chi connectivity index (χ3n) is 5.74. The number of aliphatic carboxylic acids is 1. The van der Waals surface area contributed by atoms with Crippen molar-refractivity contribution in [2.75, 3.05) is 25.9 Å². The number of alkyl halides is 3. The van der Waals surface area contributed by atoms with Crippen LogP contribution in [0.1, 0.15) is 21.7 Å². The lowest BCUT2D eigenvalue weighted by molar-refractivity contribution is -0.192. The van der Waals surface area contributed by atoms with E-state index in [4.69, 9.17) is 9.90 Å². The van der Waals surface area contributed by atoms with Gasteiger partial charge in [0.2, 0.25) is 0 Å². The maximum Gasteiger partial charge on any atom is 0.490 e. The second kappa shape index (κ2) is 13.1. The number of thioether (sulfide) groups is 1. The predicted molar refractivity (Wildman–Crippen MR) is 137 cm³/mol. The van der Waals surface area contributed by atoms with Crippen molar-refractivity contribution in [2.24, 2.45) is 5.92 Å².